The van der Waals surface area contributed by atoms with Crippen molar-refractivity contribution in [3.05, 3.63) is 65.7 Å². The van der Waals surface area contributed by atoms with E-state index in [1.54, 1.807) is 24.5 Å². The molecule has 0 unspecified atom stereocenters. The molecular formula is C16H18FN3O. The van der Waals surface area contributed by atoms with Gasteiger partial charge in [-0.1, -0.05) is 18.2 Å². The second kappa shape index (κ2) is 8.11. The summed E-state index contributed by atoms with van der Waals surface area (Å²) < 4.78 is 12.7. The van der Waals surface area contributed by atoms with E-state index in [0.29, 0.717) is 13.1 Å². The fourth-order valence-corrected chi connectivity index (χ4v) is 1.85. The molecule has 0 aliphatic heterocycles. The highest BCUT2D eigenvalue weighted by Crippen LogP contribution is 2.02. The summed E-state index contributed by atoms with van der Waals surface area (Å²) in [7, 11) is 0. The standard InChI is InChI=1S/C16H18FN3O/c17-15-5-3-13(4-6-15)7-9-19-12-16(21)20-11-14-2-1-8-18-10-14/h1-6,8,10,19H,7,9,11-12H2,(H,20,21). The van der Waals surface area contributed by atoms with Gasteiger partial charge in [0, 0.05) is 18.9 Å². The van der Waals surface area contributed by atoms with E-state index in [0.717, 1.165) is 17.5 Å². The van der Waals surface area contributed by atoms with Gasteiger partial charge in [0.1, 0.15) is 5.82 Å². The van der Waals surface area contributed by atoms with E-state index >= 15 is 0 Å². The van der Waals surface area contributed by atoms with Crippen LogP contribution in [-0.2, 0) is 17.8 Å². The van der Waals surface area contributed by atoms with Crippen molar-refractivity contribution in [2.75, 3.05) is 13.1 Å². The molecule has 1 amide bonds. The lowest BCUT2D eigenvalue weighted by Gasteiger charge is -2.07. The molecule has 2 aromatic rings. The number of nitrogens with zero attached hydrogens (tertiary/aromatic N) is 1. The van der Waals surface area contributed by atoms with Crippen molar-refractivity contribution in [2.45, 2.75) is 13.0 Å². The van der Waals surface area contributed by atoms with Crippen molar-refractivity contribution < 1.29 is 9.18 Å². The third-order valence-corrected chi connectivity index (χ3v) is 3.00. The number of benzene rings is 1. The average molecular weight is 287 g/mol. The number of amides is 1. The fraction of sp³-hybridized carbons (Fsp3) is 0.250. The molecule has 1 heterocycles. The van der Waals surface area contributed by atoms with Gasteiger partial charge in [0.25, 0.3) is 0 Å². The molecule has 0 atom stereocenters. The highest BCUT2D eigenvalue weighted by molar-refractivity contribution is 5.77. The van der Waals surface area contributed by atoms with E-state index in [9.17, 15) is 9.18 Å². The molecule has 0 fully saturated rings. The zero-order valence-electron chi connectivity index (χ0n) is 11.7. The maximum atomic E-state index is 12.7. The second-order valence-corrected chi connectivity index (χ2v) is 4.69. The maximum Gasteiger partial charge on any atom is 0.234 e. The number of hydrogen-bond acceptors (Lipinski definition) is 3. The first-order valence-electron chi connectivity index (χ1n) is 6.85. The molecule has 5 heteroatoms. The summed E-state index contributed by atoms with van der Waals surface area (Å²) in [4.78, 5) is 15.6. The van der Waals surface area contributed by atoms with Crippen molar-refractivity contribution in [2.24, 2.45) is 0 Å². The number of hydrogen-bond donors (Lipinski definition) is 2. The van der Waals surface area contributed by atoms with Crippen LogP contribution < -0.4 is 10.6 Å². The Morgan fingerprint density at radius 1 is 1.14 bits per heavy atom. The zero-order chi connectivity index (χ0) is 14.9. The Hall–Kier alpha value is -2.27. The fourth-order valence-electron chi connectivity index (χ4n) is 1.85. The third-order valence-electron chi connectivity index (χ3n) is 3.00. The molecule has 0 aliphatic carbocycles. The Labute approximate surface area is 123 Å². The summed E-state index contributed by atoms with van der Waals surface area (Å²) in [5, 5.41) is 5.88. The highest BCUT2D eigenvalue weighted by atomic mass is 19.1. The summed E-state index contributed by atoms with van der Waals surface area (Å²) in [6, 6.07) is 10.1. The first kappa shape index (κ1) is 15.1. The van der Waals surface area contributed by atoms with Crippen molar-refractivity contribution in [1.29, 1.82) is 0 Å². The predicted molar refractivity (Wildman–Crippen MR) is 79.1 cm³/mol. The predicted octanol–water partition coefficient (Wildman–Crippen LogP) is 1.67. The third kappa shape index (κ3) is 5.71. The normalized spacial score (nSPS) is 10.3. The van der Waals surface area contributed by atoms with Crippen molar-refractivity contribution in [1.82, 2.24) is 15.6 Å². The van der Waals surface area contributed by atoms with Crippen molar-refractivity contribution in [3.8, 4) is 0 Å². The van der Waals surface area contributed by atoms with Crippen LogP contribution in [0.2, 0.25) is 0 Å². The Kier molecular flexibility index (Phi) is 5.84. The monoisotopic (exact) mass is 287 g/mol. The summed E-state index contributed by atoms with van der Waals surface area (Å²) in [5.41, 5.74) is 2.01. The van der Waals surface area contributed by atoms with Gasteiger partial charge < -0.3 is 10.6 Å². The summed E-state index contributed by atoms with van der Waals surface area (Å²) in [6.07, 6.45) is 4.18. The molecule has 2 N–H and O–H groups in total. The van der Waals surface area contributed by atoms with Crippen LogP contribution >= 0.6 is 0 Å². The minimum atomic E-state index is -0.235. The van der Waals surface area contributed by atoms with Crippen molar-refractivity contribution >= 4 is 5.91 Å². The van der Waals surface area contributed by atoms with Crippen LogP contribution in [-0.4, -0.2) is 24.0 Å². The minimum absolute atomic E-state index is 0.0574. The lowest BCUT2D eigenvalue weighted by Crippen LogP contribution is -2.34. The number of rotatable bonds is 7. The molecule has 0 spiro atoms. The molecule has 1 aromatic heterocycles. The van der Waals surface area contributed by atoms with Gasteiger partial charge in [-0.15, -0.1) is 0 Å². The Balaban J connectivity index is 1.60. The number of aromatic nitrogens is 1. The molecule has 0 bridgehead atoms. The lowest BCUT2D eigenvalue weighted by atomic mass is 10.1. The van der Waals surface area contributed by atoms with E-state index in [1.807, 2.05) is 12.1 Å². The van der Waals surface area contributed by atoms with Gasteiger partial charge in [-0.25, -0.2) is 4.39 Å². The van der Waals surface area contributed by atoms with Gasteiger partial charge in [0.15, 0.2) is 0 Å². The van der Waals surface area contributed by atoms with Crippen LogP contribution in [0.1, 0.15) is 11.1 Å². The molecule has 0 aliphatic rings. The molecule has 0 saturated heterocycles. The number of pyridine rings is 1. The molecule has 110 valence electrons. The second-order valence-electron chi connectivity index (χ2n) is 4.69. The first-order valence-corrected chi connectivity index (χ1v) is 6.85. The maximum absolute atomic E-state index is 12.7. The SMILES string of the molecule is O=C(CNCCc1ccc(F)cc1)NCc1cccnc1. The molecular weight excluding hydrogens is 269 g/mol. The van der Waals surface area contributed by atoms with Crippen LogP contribution in [0.15, 0.2) is 48.8 Å². The van der Waals surface area contributed by atoms with Gasteiger partial charge in [-0.3, -0.25) is 9.78 Å². The van der Waals surface area contributed by atoms with E-state index in [2.05, 4.69) is 15.6 Å². The molecule has 0 saturated carbocycles. The summed E-state index contributed by atoms with van der Waals surface area (Å²) >= 11 is 0. The first-order chi connectivity index (χ1) is 10.2. The van der Waals surface area contributed by atoms with Crippen LogP contribution in [0, 0.1) is 5.82 Å². The summed E-state index contributed by atoms with van der Waals surface area (Å²) in [6.45, 7) is 1.42. The average Bonchev–Trinajstić information content (AvgIpc) is 2.52. The van der Waals surface area contributed by atoms with E-state index in [1.165, 1.54) is 12.1 Å². The van der Waals surface area contributed by atoms with E-state index in [-0.39, 0.29) is 18.3 Å². The van der Waals surface area contributed by atoms with E-state index in [4.69, 9.17) is 0 Å². The molecule has 2 rings (SSSR count). The lowest BCUT2D eigenvalue weighted by molar-refractivity contribution is -0.120. The zero-order valence-corrected chi connectivity index (χ0v) is 11.7. The molecule has 0 radical (unpaired) electrons. The van der Waals surface area contributed by atoms with Crippen LogP contribution in [0.4, 0.5) is 4.39 Å². The van der Waals surface area contributed by atoms with E-state index < -0.39 is 0 Å². The van der Waals surface area contributed by atoms with Crippen LogP contribution in [0.25, 0.3) is 0 Å². The van der Waals surface area contributed by atoms with Gasteiger partial charge >= 0.3 is 0 Å². The smallest absolute Gasteiger partial charge is 0.234 e. The van der Waals surface area contributed by atoms with Crippen LogP contribution in [0.5, 0.6) is 0 Å². The topological polar surface area (TPSA) is 54.0 Å². The van der Waals surface area contributed by atoms with Crippen LogP contribution in [0.3, 0.4) is 0 Å². The molecule has 1 aromatic carbocycles. The van der Waals surface area contributed by atoms with Gasteiger partial charge in [-0.05, 0) is 42.3 Å². The largest absolute Gasteiger partial charge is 0.351 e. The number of halogens is 1. The quantitative estimate of drug-likeness (QED) is 0.762. The summed E-state index contributed by atoms with van der Waals surface area (Å²) in [5.74, 6) is -0.292. The molecule has 4 nitrogen and oxygen atoms in total. The number of carbonyl (C=O) groups excluding carboxylic acids is 1. The van der Waals surface area contributed by atoms with Gasteiger partial charge in [-0.2, -0.15) is 0 Å². The Morgan fingerprint density at radius 2 is 1.95 bits per heavy atom. The number of nitrogens with one attached hydrogen (secondary N) is 2. The number of carbonyl (C=O) groups is 1. The Morgan fingerprint density at radius 3 is 2.67 bits per heavy atom. The Bertz CT molecular complexity index is 557. The highest BCUT2D eigenvalue weighted by Gasteiger charge is 2.01. The van der Waals surface area contributed by atoms with Gasteiger partial charge in [0.05, 0.1) is 6.54 Å². The minimum Gasteiger partial charge on any atom is -0.351 e. The van der Waals surface area contributed by atoms with Crippen molar-refractivity contribution in [3.63, 3.8) is 0 Å². The van der Waals surface area contributed by atoms with Gasteiger partial charge in [0.2, 0.25) is 5.91 Å². The molecule has 21 heavy (non-hydrogen) atoms.